The van der Waals surface area contributed by atoms with Crippen molar-refractivity contribution in [2.75, 3.05) is 0 Å². The Morgan fingerprint density at radius 2 is 0.812 bits per heavy atom. The van der Waals surface area contributed by atoms with Crippen molar-refractivity contribution in [1.82, 2.24) is 19.9 Å². The molecule has 0 N–H and O–H groups in total. The van der Waals surface area contributed by atoms with Crippen LogP contribution in [-0.2, 0) is 0 Å². The Hall–Kier alpha value is -4.44. The second-order valence-electron chi connectivity index (χ2n) is 7.65. The maximum absolute atomic E-state index is 4.57. The number of rotatable bonds is 3. The van der Waals surface area contributed by atoms with E-state index in [1.54, 1.807) is 0 Å². The van der Waals surface area contributed by atoms with Crippen LogP contribution in [0, 0.1) is 0 Å². The second kappa shape index (κ2) is 7.67. The molecule has 0 amide bonds. The van der Waals surface area contributed by atoms with Gasteiger partial charge in [0.25, 0.3) is 0 Å². The van der Waals surface area contributed by atoms with E-state index in [-0.39, 0.29) is 0 Å². The summed E-state index contributed by atoms with van der Waals surface area (Å²) in [6.45, 7) is 0. The lowest BCUT2D eigenvalue weighted by Crippen LogP contribution is -1.88. The fourth-order valence-electron chi connectivity index (χ4n) is 4.22. The first-order chi connectivity index (χ1) is 15.9. The summed E-state index contributed by atoms with van der Waals surface area (Å²) in [6, 6.07) is 25.1. The van der Waals surface area contributed by atoms with Crippen molar-refractivity contribution in [3.63, 3.8) is 0 Å². The Kier molecular flexibility index (Phi) is 4.40. The highest BCUT2D eigenvalue weighted by Gasteiger charge is 2.10. The zero-order valence-corrected chi connectivity index (χ0v) is 17.2. The van der Waals surface area contributed by atoms with Gasteiger partial charge in [-0.05, 0) is 94.0 Å². The minimum atomic E-state index is 0.975. The van der Waals surface area contributed by atoms with Gasteiger partial charge in [0.1, 0.15) is 0 Å². The monoisotopic (exact) mass is 410 g/mol. The predicted octanol–water partition coefficient (Wildman–Crippen LogP) is 6.57. The molecule has 32 heavy (non-hydrogen) atoms. The smallest absolute Gasteiger partial charge is 0.0708 e. The molecule has 0 atom stereocenters. The third-order valence-corrected chi connectivity index (χ3v) is 5.80. The van der Waals surface area contributed by atoms with Crippen LogP contribution in [0.15, 0.2) is 110 Å². The van der Waals surface area contributed by atoms with Crippen molar-refractivity contribution in [3.8, 4) is 33.4 Å². The Balaban J connectivity index is 1.54. The van der Waals surface area contributed by atoms with E-state index in [1.807, 2.05) is 61.4 Å². The molecule has 6 aromatic rings. The summed E-state index contributed by atoms with van der Waals surface area (Å²) in [6.07, 6.45) is 11.0. The highest BCUT2D eigenvalue weighted by atomic mass is 14.7. The van der Waals surface area contributed by atoms with Gasteiger partial charge in [0, 0.05) is 48.0 Å². The van der Waals surface area contributed by atoms with E-state index < -0.39 is 0 Å². The van der Waals surface area contributed by atoms with Gasteiger partial charge in [0.2, 0.25) is 0 Å². The zero-order valence-electron chi connectivity index (χ0n) is 17.2. The van der Waals surface area contributed by atoms with E-state index in [0.717, 1.165) is 55.2 Å². The van der Waals surface area contributed by atoms with Crippen LogP contribution in [0.3, 0.4) is 0 Å². The fraction of sp³-hybridized carbons (Fsp3) is 0. The van der Waals surface area contributed by atoms with Gasteiger partial charge in [-0.25, -0.2) is 0 Å². The molecular weight excluding hydrogens is 392 g/mol. The molecule has 4 heterocycles. The number of benzene rings is 2. The average molecular weight is 410 g/mol. The maximum Gasteiger partial charge on any atom is 0.0708 e. The van der Waals surface area contributed by atoms with Crippen LogP contribution in [0.2, 0.25) is 0 Å². The van der Waals surface area contributed by atoms with Gasteiger partial charge in [-0.1, -0.05) is 12.1 Å². The van der Waals surface area contributed by atoms with Gasteiger partial charge in [0.05, 0.1) is 11.0 Å². The second-order valence-corrected chi connectivity index (χ2v) is 7.65. The first-order valence-electron chi connectivity index (χ1n) is 10.5. The standard InChI is InChI=1S/C28H18N4/c1-3-27-25(23(9-15-31-27)19-5-11-29-12-6-19)17-21(1)22-2-4-28-26(18-22)24(10-16-32-28)20-7-13-30-14-8-20/h1-18H. The number of fused-ring (bicyclic) bond motifs is 2. The molecule has 4 aromatic heterocycles. The maximum atomic E-state index is 4.57. The van der Waals surface area contributed by atoms with E-state index >= 15 is 0 Å². The number of hydrogen-bond acceptors (Lipinski definition) is 4. The van der Waals surface area contributed by atoms with Crippen molar-refractivity contribution in [1.29, 1.82) is 0 Å². The lowest BCUT2D eigenvalue weighted by atomic mass is 9.95. The van der Waals surface area contributed by atoms with Crippen molar-refractivity contribution in [2.24, 2.45) is 0 Å². The van der Waals surface area contributed by atoms with Crippen LogP contribution < -0.4 is 0 Å². The molecular formula is C28H18N4. The minimum Gasteiger partial charge on any atom is -0.265 e. The summed E-state index contributed by atoms with van der Waals surface area (Å²) in [7, 11) is 0. The SMILES string of the molecule is c1cc(-c2ccnc3ccc(-c4ccc5nccc(-c6ccncc6)c5c4)cc23)ccn1. The number of pyridine rings is 4. The molecule has 2 aromatic carbocycles. The third kappa shape index (κ3) is 3.19. The molecule has 0 radical (unpaired) electrons. The van der Waals surface area contributed by atoms with Crippen LogP contribution in [0.25, 0.3) is 55.2 Å². The average Bonchev–Trinajstić information content (AvgIpc) is 2.88. The molecule has 4 nitrogen and oxygen atoms in total. The van der Waals surface area contributed by atoms with Crippen LogP contribution >= 0.6 is 0 Å². The summed E-state index contributed by atoms with van der Waals surface area (Å²) >= 11 is 0. The Morgan fingerprint density at radius 1 is 0.375 bits per heavy atom. The molecule has 0 aliphatic heterocycles. The summed E-state index contributed by atoms with van der Waals surface area (Å²) in [5.41, 5.74) is 8.81. The summed E-state index contributed by atoms with van der Waals surface area (Å²) in [5, 5.41) is 2.24. The van der Waals surface area contributed by atoms with E-state index in [0.29, 0.717) is 0 Å². The molecule has 0 saturated carbocycles. The molecule has 0 spiro atoms. The lowest BCUT2D eigenvalue weighted by molar-refractivity contribution is 1.33. The van der Waals surface area contributed by atoms with E-state index in [4.69, 9.17) is 0 Å². The number of nitrogens with zero attached hydrogens (tertiary/aromatic N) is 4. The normalized spacial score (nSPS) is 11.1. The number of aromatic nitrogens is 4. The summed E-state index contributed by atoms with van der Waals surface area (Å²) < 4.78 is 0. The van der Waals surface area contributed by atoms with Crippen molar-refractivity contribution in [2.45, 2.75) is 0 Å². The molecule has 150 valence electrons. The van der Waals surface area contributed by atoms with Crippen LogP contribution in [0.5, 0.6) is 0 Å². The molecule has 0 aliphatic rings. The molecule has 0 saturated heterocycles. The molecule has 4 heteroatoms. The lowest BCUT2D eigenvalue weighted by Gasteiger charge is -2.11. The Morgan fingerprint density at radius 3 is 1.25 bits per heavy atom. The van der Waals surface area contributed by atoms with Gasteiger partial charge in [-0.3, -0.25) is 19.9 Å². The van der Waals surface area contributed by atoms with Gasteiger partial charge < -0.3 is 0 Å². The molecule has 0 aliphatic carbocycles. The van der Waals surface area contributed by atoms with Gasteiger partial charge in [-0.15, -0.1) is 0 Å². The van der Waals surface area contributed by atoms with E-state index in [9.17, 15) is 0 Å². The first-order valence-corrected chi connectivity index (χ1v) is 10.5. The zero-order chi connectivity index (χ0) is 21.3. The van der Waals surface area contributed by atoms with Gasteiger partial charge >= 0.3 is 0 Å². The molecule has 0 fully saturated rings. The molecule has 0 unspecified atom stereocenters. The largest absolute Gasteiger partial charge is 0.265 e. The Bertz CT molecular complexity index is 1440. The van der Waals surface area contributed by atoms with E-state index in [1.165, 1.54) is 0 Å². The van der Waals surface area contributed by atoms with Crippen LogP contribution in [0.4, 0.5) is 0 Å². The molecule has 6 rings (SSSR count). The highest BCUT2D eigenvalue weighted by molar-refractivity contribution is 5.99. The highest BCUT2D eigenvalue weighted by Crippen LogP contribution is 2.34. The summed E-state index contributed by atoms with van der Waals surface area (Å²) in [5.74, 6) is 0. The molecule has 0 bridgehead atoms. The van der Waals surface area contributed by atoms with Crippen LogP contribution in [0.1, 0.15) is 0 Å². The quantitative estimate of drug-likeness (QED) is 0.331. The van der Waals surface area contributed by atoms with Gasteiger partial charge in [-0.2, -0.15) is 0 Å². The third-order valence-electron chi connectivity index (χ3n) is 5.80. The van der Waals surface area contributed by atoms with E-state index in [2.05, 4.69) is 68.5 Å². The van der Waals surface area contributed by atoms with Crippen molar-refractivity contribution < 1.29 is 0 Å². The first kappa shape index (κ1) is 18.3. The minimum absolute atomic E-state index is 0.975. The van der Waals surface area contributed by atoms with Crippen molar-refractivity contribution in [3.05, 3.63) is 110 Å². The summed E-state index contributed by atoms with van der Waals surface area (Å²) in [4.78, 5) is 17.5. The van der Waals surface area contributed by atoms with Crippen LogP contribution in [-0.4, -0.2) is 19.9 Å². The van der Waals surface area contributed by atoms with Gasteiger partial charge in [0.15, 0.2) is 0 Å². The number of hydrogen-bond donors (Lipinski definition) is 0. The Labute approximate surface area is 185 Å². The van der Waals surface area contributed by atoms with Crippen molar-refractivity contribution >= 4 is 21.8 Å². The fourth-order valence-corrected chi connectivity index (χ4v) is 4.22. The topological polar surface area (TPSA) is 51.6 Å². The predicted molar refractivity (Wildman–Crippen MR) is 129 cm³/mol.